The fraction of sp³-hybridized carbons (Fsp3) is 0.200. The Morgan fingerprint density at radius 3 is 2.83 bits per heavy atom. The van der Waals surface area contributed by atoms with E-state index in [1.54, 1.807) is 31.3 Å². The number of hydrogen-bond donors (Lipinski definition) is 2. The minimum absolute atomic E-state index is 0.0747. The van der Waals surface area contributed by atoms with E-state index in [4.69, 9.17) is 10.5 Å². The van der Waals surface area contributed by atoms with Gasteiger partial charge in [0.05, 0.1) is 18.3 Å². The van der Waals surface area contributed by atoms with Crippen LogP contribution in [0.15, 0.2) is 30.5 Å². The third-order valence-electron chi connectivity index (χ3n) is 2.75. The van der Waals surface area contributed by atoms with Crippen LogP contribution in [0.5, 0.6) is 5.75 Å². The minimum Gasteiger partial charge on any atom is -0.480 e. The molecule has 2 rings (SSSR count). The molecule has 0 aliphatic rings. The van der Waals surface area contributed by atoms with Gasteiger partial charge in [0.25, 0.3) is 11.8 Å². The highest BCUT2D eigenvalue weighted by molar-refractivity contribution is 5.95. The second kappa shape index (κ2) is 7.61. The zero-order chi connectivity index (χ0) is 16.7. The fourth-order valence-electron chi connectivity index (χ4n) is 1.69. The van der Waals surface area contributed by atoms with Crippen LogP contribution in [0.25, 0.3) is 0 Å². The Labute approximate surface area is 132 Å². The standard InChI is InChI=1S/C15H15N5O3/c1-20-10-12(18-19-20)15(22)17-8-4-5-9-23-13-7-3-2-6-11(13)14(16)21/h2-3,6-7,10H,8-9H2,1H3,(H2,16,21)(H,17,22). The van der Waals surface area contributed by atoms with Gasteiger partial charge in [-0.05, 0) is 12.1 Å². The number of carbonyl (C=O) groups excluding carboxylic acids is 2. The number of para-hydroxylation sites is 1. The van der Waals surface area contributed by atoms with Crippen LogP contribution in [0.3, 0.4) is 0 Å². The molecule has 1 heterocycles. The molecule has 0 atom stereocenters. The van der Waals surface area contributed by atoms with Gasteiger partial charge in [-0.25, -0.2) is 0 Å². The summed E-state index contributed by atoms with van der Waals surface area (Å²) in [6.45, 7) is 0.224. The number of nitrogens with zero attached hydrogens (tertiary/aromatic N) is 3. The minimum atomic E-state index is -0.565. The zero-order valence-electron chi connectivity index (χ0n) is 12.4. The Bertz CT molecular complexity index is 773. The Kier molecular flexibility index (Phi) is 5.30. The first kappa shape index (κ1) is 16.0. The summed E-state index contributed by atoms with van der Waals surface area (Å²) in [5.41, 5.74) is 5.76. The molecule has 3 N–H and O–H groups in total. The molecular weight excluding hydrogens is 298 g/mol. The maximum Gasteiger partial charge on any atom is 0.274 e. The number of aryl methyl sites for hydroxylation is 1. The highest BCUT2D eigenvalue weighted by atomic mass is 16.5. The fourth-order valence-corrected chi connectivity index (χ4v) is 1.69. The van der Waals surface area contributed by atoms with Crippen LogP contribution in [-0.4, -0.2) is 40.0 Å². The highest BCUT2D eigenvalue weighted by Crippen LogP contribution is 2.16. The van der Waals surface area contributed by atoms with Crippen LogP contribution in [0.1, 0.15) is 20.8 Å². The average molecular weight is 313 g/mol. The van der Waals surface area contributed by atoms with Crippen molar-refractivity contribution in [2.45, 2.75) is 0 Å². The quantitative estimate of drug-likeness (QED) is 0.738. The molecule has 0 aliphatic heterocycles. The van der Waals surface area contributed by atoms with Gasteiger partial charge in [0.1, 0.15) is 12.4 Å². The summed E-state index contributed by atoms with van der Waals surface area (Å²) in [7, 11) is 1.67. The topological polar surface area (TPSA) is 112 Å². The summed E-state index contributed by atoms with van der Waals surface area (Å²) in [6, 6.07) is 6.64. The molecule has 8 heteroatoms. The lowest BCUT2D eigenvalue weighted by atomic mass is 10.2. The van der Waals surface area contributed by atoms with Crippen molar-refractivity contribution in [1.82, 2.24) is 20.3 Å². The number of primary amides is 1. The number of benzene rings is 1. The Balaban J connectivity index is 1.79. The van der Waals surface area contributed by atoms with Crippen LogP contribution in [-0.2, 0) is 7.05 Å². The Morgan fingerprint density at radius 1 is 1.35 bits per heavy atom. The maximum absolute atomic E-state index is 11.7. The average Bonchev–Trinajstić information content (AvgIpc) is 2.97. The van der Waals surface area contributed by atoms with E-state index in [2.05, 4.69) is 27.5 Å². The monoisotopic (exact) mass is 313 g/mol. The molecule has 0 saturated carbocycles. The smallest absolute Gasteiger partial charge is 0.274 e. The summed E-state index contributed by atoms with van der Waals surface area (Å²) < 4.78 is 6.82. The predicted molar refractivity (Wildman–Crippen MR) is 81.6 cm³/mol. The second-order valence-electron chi connectivity index (χ2n) is 4.46. The molecule has 118 valence electrons. The van der Waals surface area contributed by atoms with Crippen molar-refractivity contribution in [2.24, 2.45) is 12.8 Å². The molecule has 1 aromatic heterocycles. The van der Waals surface area contributed by atoms with E-state index in [0.717, 1.165) is 0 Å². The third-order valence-corrected chi connectivity index (χ3v) is 2.75. The van der Waals surface area contributed by atoms with E-state index in [1.165, 1.54) is 10.9 Å². The molecule has 1 aromatic carbocycles. The van der Waals surface area contributed by atoms with Crippen LogP contribution in [0.2, 0.25) is 0 Å². The number of ether oxygens (including phenoxy) is 1. The van der Waals surface area contributed by atoms with Gasteiger partial charge in [-0.15, -0.1) is 5.10 Å². The molecule has 8 nitrogen and oxygen atoms in total. The molecule has 0 unspecified atom stereocenters. The molecule has 0 radical (unpaired) electrons. The second-order valence-corrected chi connectivity index (χ2v) is 4.46. The molecule has 0 fully saturated rings. The molecule has 2 aromatic rings. The zero-order valence-corrected chi connectivity index (χ0v) is 12.4. The van der Waals surface area contributed by atoms with Crippen molar-refractivity contribution >= 4 is 11.8 Å². The van der Waals surface area contributed by atoms with Crippen molar-refractivity contribution in [3.05, 3.63) is 41.7 Å². The maximum atomic E-state index is 11.7. The Morgan fingerprint density at radius 2 is 2.13 bits per heavy atom. The van der Waals surface area contributed by atoms with Gasteiger partial charge in [0.15, 0.2) is 5.69 Å². The lowest BCUT2D eigenvalue weighted by molar-refractivity contribution is 0.0952. The molecule has 0 bridgehead atoms. The van der Waals surface area contributed by atoms with Gasteiger partial charge < -0.3 is 15.8 Å². The molecular formula is C15H15N5O3. The largest absolute Gasteiger partial charge is 0.480 e. The van der Waals surface area contributed by atoms with Crippen molar-refractivity contribution in [3.63, 3.8) is 0 Å². The molecule has 23 heavy (non-hydrogen) atoms. The van der Waals surface area contributed by atoms with Crippen LogP contribution >= 0.6 is 0 Å². The third kappa shape index (κ3) is 4.57. The first-order valence-corrected chi connectivity index (χ1v) is 6.70. The van der Waals surface area contributed by atoms with Crippen LogP contribution in [0, 0.1) is 11.8 Å². The van der Waals surface area contributed by atoms with Crippen LogP contribution < -0.4 is 15.8 Å². The highest BCUT2D eigenvalue weighted by Gasteiger charge is 2.08. The van der Waals surface area contributed by atoms with Gasteiger partial charge in [-0.1, -0.05) is 29.2 Å². The van der Waals surface area contributed by atoms with Gasteiger partial charge in [0.2, 0.25) is 0 Å². The summed E-state index contributed by atoms with van der Waals surface area (Å²) in [4.78, 5) is 22.9. The number of rotatable bonds is 5. The van der Waals surface area contributed by atoms with Crippen molar-refractivity contribution in [3.8, 4) is 17.6 Å². The van der Waals surface area contributed by atoms with Crippen molar-refractivity contribution in [1.29, 1.82) is 0 Å². The summed E-state index contributed by atoms with van der Waals surface area (Å²) >= 11 is 0. The van der Waals surface area contributed by atoms with Crippen LogP contribution in [0.4, 0.5) is 0 Å². The number of hydrogen-bond acceptors (Lipinski definition) is 5. The van der Waals surface area contributed by atoms with Crippen molar-refractivity contribution < 1.29 is 14.3 Å². The number of nitrogens with two attached hydrogens (primary N) is 1. The molecule has 0 spiro atoms. The first-order valence-electron chi connectivity index (χ1n) is 6.70. The van der Waals surface area contributed by atoms with Gasteiger partial charge in [-0.2, -0.15) is 0 Å². The van der Waals surface area contributed by atoms with E-state index in [-0.39, 0.29) is 24.8 Å². The van der Waals surface area contributed by atoms with Gasteiger partial charge in [0, 0.05) is 7.05 Å². The van der Waals surface area contributed by atoms with Gasteiger partial charge >= 0.3 is 0 Å². The number of amides is 2. The van der Waals surface area contributed by atoms with Gasteiger partial charge in [-0.3, -0.25) is 14.3 Å². The number of carbonyl (C=O) groups is 2. The SMILES string of the molecule is Cn1cc(C(=O)NCC#CCOc2ccccc2C(N)=O)nn1. The molecule has 0 aliphatic carbocycles. The predicted octanol–water partition coefficient (Wildman–Crippen LogP) is -0.274. The normalized spacial score (nSPS) is 9.61. The Hall–Kier alpha value is -3.34. The van der Waals surface area contributed by atoms with Crippen molar-refractivity contribution in [2.75, 3.05) is 13.2 Å². The number of aromatic nitrogens is 3. The van der Waals surface area contributed by atoms with E-state index in [0.29, 0.717) is 11.3 Å². The molecule has 0 saturated heterocycles. The lowest BCUT2D eigenvalue weighted by Gasteiger charge is -2.05. The molecule has 2 amide bonds. The summed E-state index contributed by atoms with van der Waals surface area (Å²) in [5.74, 6) is 4.92. The lowest BCUT2D eigenvalue weighted by Crippen LogP contribution is -2.24. The van der Waals surface area contributed by atoms with E-state index in [9.17, 15) is 9.59 Å². The van der Waals surface area contributed by atoms with E-state index >= 15 is 0 Å². The van der Waals surface area contributed by atoms with E-state index < -0.39 is 5.91 Å². The van der Waals surface area contributed by atoms with E-state index in [1.807, 2.05) is 0 Å². The summed E-state index contributed by atoms with van der Waals surface area (Å²) in [6.07, 6.45) is 1.51. The first-order chi connectivity index (χ1) is 11.1. The summed E-state index contributed by atoms with van der Waals surface area (Å²) in [5, 5.41) is 9.93. The number of nitrogens with one attached hydrogen (secondary N) is 1.